The highest BCUT2D eigenvalue weighted by Gasteiger charge is 2.20. The van der Waals surface area contributed by atoms with Gasteiger partial charge in [0.15, 0.2) is 0 Å². The molecule has 1 aliphatic rings. The summed E-state index contributed by atoms with van der Waals surface area (Å²) >= 11 is 0. The molecule has 3 amide bonds. The third-order valence-corrected chi connectivity index (χ3v) is 5.11. The Morgan fingerprint density at radius 2 is 1.52 bits per heavy atom. The highest BCUT2D eigenvalue weighted by atomic mass is 16.2. The Hall–Kier alpha value is -3.60. The van der Waals surface area contributed by atoms with Crippen molar-refractivity contribution in [1.29, 1.82) is 0 Å². The summed E-state index contributed by atoms with van der Waals surface area (Å²) in [5.74, 6) is -0.139. The van der Waals surface area contributed by atoms with Gasteiger partial charge in [-0.25, -0.2) is 4.79 Å². The normalized spacial score (nSPS) is 12.8. The van der Waals surface area contributed by atoms with Gasteiger partial charge in [0.05, 0.1) is 0 Å². The lowest BCUT2D eigenvalue weighted by molar-refractivity contribution is 0.0951. The molecule has 0 aliphatic carbocycles. The Balaban J connectivity index is 1.32. The van der Waals surface area contributed by atoms with E-state index in [0.717, 1.165) is 12.0 Å². The molecule has 29 heavy (non-hydrogen) atoms. The fourth-order valence-corrected chi connectivity index (χ4v) is 3.46. The minimum atomic E-state index is -0.139. The number of rotatable bonds is 4. The summed E-state index contributed by atoms with van der Waals surface area (Å²) in [5, 5.41) is 5.82. The lowest BCUT2D eigenvalue weighted by Crippen LogP contribution is -2.38. The number of benzene rings is 3. The molecule has 0 spiro atoms. The molecule has 0 aromatic heterocycles. The monoisotopic (exact) mass is 385 g/mol. The fourth-order valence-electron chi connectivity index (χ4n) is 3.46. The van der Waals surface area contributed by atoms with Crippen LogP contribution in [0, 0.1) is 0 Å². The summed E-state index contributed by atoms with van der Waals surface area (Å²) in [7, 11) is 0. The average molecular weight is 385 g/mol. The van der Waals surface area contributed by atoms with Crippen LogP contribution in [0.1, 0.15) is 27.0 Å². The SMILES string of the molecule is O=C(NCc1ccccc1)c1ccc(NC(=O)N2CCc3ccccc3C2)cc1. The van der Waals surface area contributed by atoms with Gasteiger partial charge in [-0.2, -0.15) is 0 Å². The number of hydrogen-bond acceptors (Lipinski definition) is 2. The number of carbonyl (C=O) groups is 2. The van der Waals surface area contributed by atoms with Crippen molar-refractivity contribution in [2.24, 2.45) is 0 Å². The highest BCUT2D eigenvalue weighted by molar-refractivity contribution is 5.95. The molecule has 0 saturated carbocycles. The van der Waals surface area contributed by atoms with Crippen molar-refractivity contribution >= 4 is 17.6 Å². The van der Waals surface area contributed by atoms with Crippen molar-refractivity contribution < 1.29 is 9.59 Å². The van der Waals surface area contributed by atoms with Crippen LogP contribution in [0.5, 0.6) is 0 Å². The van der Waals surface area contributed by atoms with E-state index in [1.165, 1.54) is 11.1 Å². The van der Waals surface area contributed by atoms with Crippen LogP contribution in [0.25, 0.3) is 0 Å². The Labute approximate surface area is 170 Å². The minimum Gasteiger partial charge on any atom is -0.348 e. The number of hydrogen-bond donors (Lipinski definition) is 2. The molecule has 0 atom stereocenters. The maximum atomic E-state index is 12.6. The van der Waals surface area contributed by atoms with Gasteiger partial charge >= 0.3 is 6.03 Å². The zero-order chi connectivity index (χ0) is 20.1. The topological polar surface area (TPSA) is 61.4 Å². The van der Waals surface area contributed by atoms with Gasteiger partial charge < -0.3 is 15.5 Å². The Morgan fingerprint density at radius 1 is 0.828 bits per heavy atom. The summed E-state index contributed by atoms with van der Waals surface area (Å²) in [5.41, 5.74) is 4.79. The second-order valence-corrected chi connectivity index (χ2v) is 7.12. The number of nitrogens with zero attached hydrogens (tertiary/aromatic N) is 1. The van der Waals surface area contributed by atoms with E-state index >= 15 is 0 Å². The van der Waals surface area contributed by atoms with Gasteiger partial charge in [-0.05, 0) is 47.4 Å². The highest BCUT2D eigenvalue weighted by Crippen LogP contribution is 2.19. The number of carbonyl (C=O) groups excluding carboxylic acids is 2. The van der Waals surface area contributed by atoms with Gasteiger partial charge in [0, 0.05) is 30.9 Å². The molecular formula is C24H23N3O2. The first-order chi connectivity index (χ1) is 14.2. The number of fused-ring (bicyclic) bond motifs is 1. The first-order valence-corrected chi connectivity index (χ1v) is 9.74. The lowest BCUT2D eigenvalue weighted by atomic mass is 10.0. The van der Waals surface area contributed by atoms with E-state index in [4.69, 9.17) is 0 Å². The van der Waals surface area contributed by atoms with Crippen molar-refractivity contribution in [3.63, 3.8) is 0 Å². The third-order valence-electron chi connectivity index (χ3n) is 5.11. The number of anilines is 1. The van der Waals surface area contributed by atoms with Crippen LogP contribution in [0.15, 0.2) is 78.9 Å². The summed E-state index contributed by atoms with van der Waals surface area (Å²) in [6.45, 7) is 1.79. The minimum absolute atomic E-state index is 0.124. The summed E-state index contributed by atoms with van der Waals surface area (Å²) in [6.07, 6.45) is 0.865. The van der Waals surface area contributed by atoms with E-state index in [2.05, 4.69) is 22.8 Å². The molecule has 4 rings (SSSR count). The van der Waals surface area contributed by atoms with Gasteiger partial charge in [-0.1, -0.05) is 54.6 Å². The van der Waals surface area contributed by atoms with Gasteiger partial charge in [0.1, 0.15) is 0 Å². The lowest BCUT2D eigenvalue weighted by Gasteiger charge is -2.29. The van der Waals surface area contributed by atoms with Crippen LogP contribution in [0.2, 0.25) is 0 Å². The van der Waals surface area contributed by atoms with E-state index < -0.39 is 0 Å². The molecule has 3 aromatic rings. The van der Waals surface area contributed by atoms with Crippen molar-refractivity contribution in [1.82, 2.24) is 10.2 Å². The second kappa shape index (κ2) is 8.61. The zero-order valence-electron chi connectivity index (χ0n) is 16.1. The van der Waals surface area contributed by atoms with Crippen LogP contribution in [0.3, 0.4) is 0 Å². The van der Waals surface area contributed by atoms with Crippen LogP contribution >= 0.6 is 0 Å². The quantitative estimate of drug-likeness (QED) is 0.707. The van der Waals surface area contributed by atoms with Gasteiger partial charge in [0.2, 0.25) is 0 Å². The third kappa shape index (κ3) is 4.63. The first-order valence-electron chi connectivity index (χ1n) is 9.74. The molecule has 5 heteroatoms. The molecule has 2 N–H and O–H groups in total. The molecule has 0 saturated heterocycles. The van der Waals surface area contributed by atoms with E-state index in [-0.39, 0.29) is 11.9 Å². The predicted octanol–water partition coefficient (Wildman–Crippen LogP) is 4.21. The van der Waals surface area contributed by atoms with Crippen molar-refractivity contribution in [3.05, 3.63) is 101 Å². The van der Waals surface area contributed by atoms with Gasteiger partial charge in [-0.3, -0.25) is 4.79 Å². The fraction of sp³-hybridized carbons (Fsp3) is 0.167. The zero-order valence-corrected chi connectivity index (χ0v) is 16.1. The molecule has 0 unspecified atom stereocenters. The summed E-state index contributed by atoms with van der Waals surface area (Å²) in [4.78, 5) is 26.7. The maximum Gasteiger partial charge on any atom is 0.322 e. The smallest absolute Gasteiger partial charge is 0.322 e. The van der Waals surface area contributed by atoms with Crippen LogP contribution in [0.4, 0.5) is 10.5 Å². The predicted molar refractivity (Wildman–Crippen MR) is 114 cm³/mol. The van der Waals surface area contributed by atoms with Gasteiger partial charge in [0.25, 0.3) is 5.91 Å². The van der Waals surface area contributed by atoms with Crippen molar-refractivity contribution in [3.8, 4) is 0 Å². The Morgan fingerprint density at radius 3 is 2.28 bits per heavy atom. The maximum absolute atomic E-state index is 12.6. The van der Waals surface area contributed by atoms with Gasteiger partial charge in [-0.15, -0.1) is 0 Å². The summed E-state index contributed by atoms with van der Waals surface area (Å²) in [6, 6.07) is 24.8. The van der Waals surface area contributed by atoms with E-state index in [9.17, 15) is 9.59 Å². The standard InChI is InChI=1S/C24H23N3O2/c28-23(25-16-18-6-2-1-3-7-18)20-10-12-22(13-11-20)26-24(29)27-15-14-19-8-4-5-9-21(19)17-27/h1-13H,14-17H2,(H,25,28)(H,26,29). The number of urea groups is 1. The molecule has 0 bridgehead atoms. The molecule has 146 valence electrons. The second-order valence-electron chi connectivity index (χ2n) is 7.12. The van der Waals surface area contributed by atoms with Crippen molar-refractivity contribution in [2.45, 2.75) is 19.5 Å². The molecule has 1 aliphatic heterocycles. The van der Waals surface area contributed by atoms with E-state index in [0.29, 0.717) is 30.9 Å². The molecular weight excluding hydrogens is 362 g/mol. The molecule has 0 radical (unpaired) electrons. The number of nitrogens with one attached hydrogen (secondary N) is 2. The Kier molecular flexibility index (Phi) is 5.56. The van der Waals surface area contributed by atoms with Crippen LogP contribution in [-0.4, -0.2) is 23.4 Å². The van der Waals surface area contributed by atoms with Crippen molar-refractivity contribution in [2.75, 3.05) is 11.9 Å². The Bertz CT molecular complexity index is 1000. The summed E-state index contributed by atoms with van der Waals surface area (Å²) < 4.78 is 0. The van der Waals surface area contributed by atoms with E-state index in [1.54, 1.807) is 24.3 Å². The molecule has 0 fully saturated rings. The molecule has 5 nitrogen and oxygen atoms in total. The van der Waals surface area contributed by atoms with Crippen LogP contribution < -0.4 is 10.6 Å². The number of amides is 3. The largest absolute Gasteiger partial charge is 0.348 e. The van der Waals surface area contributed by atoms with E-state index in [1.807, 2.05) is 47.4 Å². The average Bonchev–Trinajstić information content (AvgIpc) is 2.78. The molecule has 1 heterocycles. The molecule has 3 aromatic carbocycles. The van der Waals surface area contributed by atoms with Crippen LogP contribution in [-0.2, 0) is 19.5 Å². The first kappa shape index (κ1) is 18.7.